The van der Waals surface area contributed by atoms with Gasteiger partial charge in [-0.25, -0.2) is 14.8 Å². The summed E-state index contributed by atoms with van der Waals surface area (Å²) in [5.41, 5.74) is 6.08. The lowest BCUT2D eigenvalue weighted by Gasteiger charge is -2.29. The summed E-state index contributed by atoms with van der Waals surface area (Å²) in [4.78, 5) is 26.1. The first-order valence-electron chi connectivity index (χ1n) is 13.5. The Balaban J connectivity index is 1.66. The summed E-state index contributed by atoms with van der Waals surface area (Å²) in [7, 11) is 1.53. The molecular formula is C33H31N3O5. The summed E-state index contributed by atoms with van der Waals surface area (Å²) in [5, 5.41) is 13.3. The van der Waals surface area contributed by atoms with E-state index in [2.05, 4.69) is 16.0 Å². The molecule has 0 radical (unpaired) electrons. The zero-order valence-corrected chi connectivity index (χ0v) is 23.7. The molecule has 208 valence electrons. The number of nitrogens with zero attached hydrogens (tertiary/aromatic N) is 3. The van der Waals surface area contributed by atoms with Crippen LogP contribution in [0.5, 0.6) is 11.8 Å². The predicted octanol–water partition coefficient (Wildman–Crippen LogP) is 6.70. The molecule has 1 N–H and O–H groups in total. The molecule has 5 aromatic rings. The smallest absolute Gasteiger partial charge is 0.337 e. The van der Waals surface area contributed by atoms with Gasteiger partial charge in [0, 0.05) is 47.1 Å². The minimum atomic E-state index is -1.19. The van der Waals surface area contributed by atoms with Crippen molar-refractivity contribution in [3.05, 3.63) is 77.7 Å². The number of benzene rings is 3. The molecule has 0 fully saturated rings. The molecule has 1 atom stereocenters. The van der Waals surface area contributed by atoms with Crippen LogP contribution in [0.1, 0.15) is 43.6 Å². The van der Waals surface area contributed by atoms with Crippen LogP contribution >= 0.6 is 0 Å². The average Bonchev–Trinajstić information content (AvgIpc) is 2.95. The standard InChI is InChI=1S/C33H31N3O5/c1-18-14-21-15-20(22-16-35-32(39-5)36-17-22)6-7-23(21)28(26(18)30(31(37)38)41-33(2,3)4)24-8-9-25-27-19(11-13-40-25)10-12-34-29(24)27/h6-10,12,14-17,30H,11,13H2,1-5H3,(H,37,38)/t30-/m0/s1. The summed E-state index contributed by atoms with van der Waals surface area (Å²) in [5.74, 6) is -0.256. The van der Waals surface area contributed by atoms with Crippen LogP contribution in [0.25, 0.3) is 43.9 Å². The first-order valence-corrected chi connectivity index (χ1v) is 13.5. The Morgan fingerprint density at radius 3 is 2.51 bits per heavy atom. The second-order valence-electron chi connectivity index (χ2n) is 11.2. The second-order valence-corrected chi connectivity index (χ2v) is 11.2. The minimum Gasteiger partial charge on any atom is -0.493 e. The number of carboxylic acids is 1. The summed E-state index contributed by atoms with van der Waals surface area (Å²) in [6, 6.07) is 14.4. The molecule has 0 bridgehead atoms. The van der Waals surface area contributed by atoms with Crippen molar-refractivity contribution in [2.24, 2.45) is 0 Å². The molecule has 8 nitrogen and oxygen atoms in total. The van der Waals surface area contributed by atoms with Crippen LogP contribution in [0.3, 0.4) is 0 Å². The highest BCUT2D eigenvalue weighted by Crippen LogP contribution is 2.45. The van der Waals surface area contributed by atoms with E-state index in [1.54, 1.807) is 12.4 Å². The fourth-order valence-corrected chi connectivity index (χ4v) is 5.63. The van der Waals surface area contributed by atoms with Gasteiger partial charge in [0.05, 0.1) is 24.8 Å². The van der Waals surface area contributed by atoms with E-state index in [9.17, 15) is 9.90 Å². The molecule has 0 aliphatic carbocycles. The van der Waals surface area contributed by atoms with Crippen molar-refractivity contribution in [2.45, 2.75) is 45.8 Å². The number of rotatable bonds is 6. The highest BCUT2D eigenvalue weighted by molar-refractivity contribution is 6.09. The highest BCUT2D eigenvalue weighted by atomic mass is 16.5. The first kappa shape index (κ1) is 26.7. The van der Waals surface area contributed by atoms with Gasteiger partial charge in [-0.05, 0) is 85.0 Å². The fraction of sp³-hybridized carbons (Fsp3) is 0.273. The van der Waals surface area contributed by atoms with Gasteiger partial charge in [-0.2, -0.15) is 0 Å². The molecule has 3 heterocycles. The van der Waals surface area contributed by atoms with Crippen molar-refractivity contribution in [1.82, 2.24) is 15.0 Å². The monoisotopic (exact) mass is 549 g/mol. The van der Waals surface area contributed by atoms with Crippen LogP contribution in [0.2, 0.25) is 0 Å². The number of carbonyl (C=O) groups is 1. The van der Waals surface area contributed by atoms with Gasteiger partial charge in [-0.1, -0.05) is 18.2 Å². The quantitative estimate of drug-likeness (QED) is 0.249. The van der Waals surface area contributed by atoms with Crippen molar-refractivity contribution >= 4 is 27.6 Å². The van der Waals surface area contributed by atoms with E-state index in [0.29, 0.717) is 18.2 Å². The van der Waals surface area contributed by atoms with Crippen LogP contribution in [0.4, 0.5) is 0 Å². The van der Waals surface area contributed by atoms with Gasteiger partial charge in [0.2, 0.25) is 0 Å². The summed E-state index contributed by atoms with van der Waals surface area (Å²) < 4.78 is 17.3. The third kappa shape index (κ3) is 4.85. The number of pyridine rings is 1. The van der Waals surface area contributed by atoms with E-state index in [1.165, 1.54) is 12.7 Å². The van der Waals surface area contributed by atoms with Gasteiger partial charge in [0.15, 0.2) is 6.10 Å². The van der Waals surface area contributed by atoms with E-state index in [1.807, 2.05) is 70.3 Å². The Labute approximate surface area is 238 Å². The lowest BCUT2D eigenvalue weighted by atomic mass is 9.85. The number of ether oxygens (including phenoxy) is 3. The molecule has 0 unspecified atom stereocenters. The maximum absolute atomic E-state index is 12.8. The number of aromatic nitrogens is 3. The zero-order chi connectivity index (χ0) is 28.9. The summed E-state index contributed by atoms with van der Waals surface area (Å²) in [6.45, 7) is 8.14. The van der Waals surface area contributed by atoms with Crippen LogP contribution < -0.4 is 9.47 Å². The molecule has 0 amide bonds. The van der Waals surface area contributed by atoms with Crippen LogP contribution in [-0.4, -0.2) is 45.3 Å². The molecule has 1 aliphatic rings. The number of hydrogen-bond donors (Lipinski definition) is 1. The van der Waals surface area contributed by atoms with Crippen molar-refractivity contribution < 1.29 is 24.1 Å². The third-order valence-corrected chi connectivity index (χ3v) is 7.33. The van der Waals surface area contributed by atoms with E-state index in [4.69, 9.17) is 19.2 Å². The topological polar surface area (TPSA) is 104 Å². The van der Waals surface area contributed by atoms with Crippen molar-refractivity contribution in [3.63, 3.8) is 0 Å². The van der Waals surface area contributed by atoms with Gasteiger partial charge < -0.3 is 19.3 Å². The lowest BCUT2D eigenvalue weighted by Crippen LogP contribution is -2.28. The molecule has 41 heavy (non-hydrogen) atoms. The fourth-order valence-electron chi connectivity index (χ4n) is 5.63. The molecule has 3 aromatic carbocycles. The Hall–Kier alpha value is -4.56. The maximum atomic E-state index is 12.8. The average molecular weight is 550 g/mol. The molecule has 6 rings (SSSR count). The molecular weight excluding hydrogens is 518 g/mol. The number of hydrogen-bond acceptors (Lipinski definition) is 7. The normalized spacial score (nSPS) is 13.7. The summed E-state index contributed by atoms with van der Waals surface area (Å²) in [6.07, 6.45) is 4.86. The third-order valence-electron chi connectivity index (χ3n) is 7.33. The number of fused-ring (bicyclic) bond motifs is 1. The van der Waals surface area contributed by atoms with Gasteiger partial charge in [0.25, 0.3) is 0 Å². The molecule has 0 saturated carbocycles. The molecule has 0 saturated heterocycles. The molecule has 1 aliphatic heterocycles. The van der Waals surface area contributed by atoms with Crippen LogP contribution in [0.15, 0.2) is 61.1 Å². The Kier molecular flexibility index (Phi) is 6.58. The van der Waals surface area contributed by atoms with Gasteiger partial charge in [0.1, 0.15) is 5.75 Å². The van der Waals surface area contributed by atoms with Crippen molar-refractivity contribution in [2.75, 3.05) is 13.7 Å². The number of carboxylic acid groups (broad SMARTS) is 1. The Bertz CT molecular complexity index is 1800. The number of methoxy groups -OCH3 is 1. The Morgan fingerprint density at radius 1 is 1.02 bits per heavy atom. The second kappa shape index (κ2) is 10.1. The largest absolute Gasteiger partial charge is 0.493 e. The van der Waals surface area contributed by atoms with E-state index < -0.39 is 17.7 Å². The molecule has 8 heteroatoms. The highest BCUT2D eigenvalue weighted by Gasteiger charge is 2.32. The predicted molar refractivity (Wildman–Crippen MR) is 157 cm³/mol. The van der Waals surface area contributed by atoms with E-state index >= 15 is 0 Å². The van der Waals surface area contributed by atoms with Crippen LogP contribution in [0, 0.1) is 6.92 Å². The van der Waals surface area contributed by atoms with Gasteiger partial charge >= 0.3 is 12.0 Å². The minimum absolute atomic E-state index is 0.301. The van der Waals surface area contributed by atoms with E-state index in [0.717, 1.165) is 61.7 Å². The molecule has 2 aromatic heterocycles. The zero-order valence-electron chi connectivity index (χ0n) is 23.7. The Morgan fingerprint density at radius 2 is 1.80 bits per heavy atom. The number of aryl methyl sites for hydroxylation is 1. The first-order chi connectivity index (χ1) is 19.6. The van der Waals surface area contributed by atoms with Crippen molar-refractivity contribution in [3.8, 4) is 34.0 Å². The van der Waals surface area contributed by atoms with Crippen LogP contribution in [-0.2, 0) is 16.0 Å². The van der Waals surface area contributed by atoms with Crippen molar-refractivity contribution in [1.29, 1.82) is 0 Å². The van der Waals surface area contributed by atoms with Gasteiger partial charge in [-0.15, -0.1) is 0 Å². The number of aliphatic carboxylic acids is 1. The molecule has 0 spiro atoms. The SMILES string of the molecule is COc1ncc(-c2ccc3c(-c4ccc5c6c(ccnc46)CCO5)c([C@H](OC(C)(C)C)C(=O)O)c(C)cc3c2)cn1. The maximum Gasteiger partial charge on any atom is 0.337 e. The lowest BCUT2D eigenvalue weighted by molar-refractivity contribution is -0.160. The van der Waals surface area contributed by atoms with E-state index in [-0.39, 0.29) is 0 Å². The van der Waals surface area contributed by atoms with Gasteiger partial charge in [-0.3, -0.25) is 4.98 Å². The summed E-state index contributed by atoms with van der Waals surface area (Å²) >= 11 is 0.